The number of rotatable bonds is 7. The molecule has 0 radical (unpaired) electrons. The number of fused-ring (bicyclic) bond motifs is 3. The van der Waals surface area contributed by atoms with Crippen molar-refractivity contribution < 1.29 is 0 Å². The van der Waals surface area contributed by atoms with Crippen molar-refractivity contribution in [1.82, 2.24) is 0 Å². The number of hydrogen-bond acceptors (Lipinski definition) is 1. The predicted molar refractivity (Wildman–Crippen MR) is 274 cm³/mol. The Morgan fingerprint density at radius 1 is 0.297 bits per heavy atom. The van der Waals surface area contributed by atoms with E-state index in [1.807, 2.05) is 11.3 Å². The highest BCUT2D eigenvalue weighted by atomic mass is 32.1. The lowest BCUT2D eigenvalue weighted by Crippen LogP contribution is -2.75. The van der Waals surface area contributed by atoms with Gasteiger partial charge in [0.2, 0.25) is 0 Å². The molecule has 64 heavy (non-hydrogen) atoms. The molecule has 0 spiro atoms. The summed E-state index contributed by atoms with van der Waals surface area (Å²) < 4.78 is 2.68. The maximum atomic E-state index is 2.54. The van der Waals surface area contributed by atoms with Crippen LogP contribution in [0.4, 0.5) is 0 Å². The quantitative estimate of drug-likeness (QED) is 0.111. The topological polar surface area (TPSA) is 0 Å². The largest absolute Gasteiger partial charge is 0.179 e. The Morgan fingerprint density at radius 2 is 0.812 bits per heavy atom. The smallest absolute Gasteiger partial charge is 0.135 e. The minimum Gasteiger partial charge on any atom is -0.135 e. The Labute approximate surface area is 379 Å². The molecule has 10 aromatic carbocycles. The van der Waals surface area contributed by atoms with Crippen molar-refractivity contribution in [3.8, 4) is 33.4 Å². The van der Waals surface area contributed by atoms with Gasteiger partial charge in [0.1, 0.15) is 0 Å². The first-order valence-corrected chi connectivity index (χ1v) is 25.2. The van der Waals surface area contributed by atoms with Gasteiger partial charge in [-0.15, -0.1) is 11.3 Å². The van der Waals surface area contributed by atoms with Crippen LogP contribution in [0.1, 0.15) is 45.2 Å². The Kier molecular flexibility index (Phi) is 8.65. The second kappa shape index (κ2) is 14.9. The molecule has 2 bridgehead atoms. The van der Waals surface area contributed by atoms with Gasteiger partial charge in [0, 0.05) is 32.0 Å². The average molecular weight is 847 g/mol. The SMILES string of the molecule is c1ccc(-c2cc(-c3ccccc3)cc([Si](c3ccccc3)(c3ccccc3)c3cccc4c3C3c5ccccc5C4c4cccc(-c5ccc6c(c5)sc5ccccc56)c43)c2)cc1. The van der Waals surface area contributed by atoms with Crippen LogP contribution in [0.15, 0.2) is 243 Å². The summed E-state index contributed by atoms with van der Waals surface area (Å²) in [5, 5.41) is 8.30. The fourth-order valence-corrected chi connectivity index (χ4v) is 17.8. The van der Waals surface area contributed by atoms with E-state index in [-0.39, 0.29) is 11.8 Å². The van der Waals surface area contributed by atoms with Crippen LogP contribution in [0.5, 0.6) is 0 Å². The van der Waals surface area contributed by atoms with E-state index < -0.39 is 8.07 Å². The molecular weight excluding hydrogens is 805 g/mol. The van der Waals surface area contributed by atoms with E-state index >= 15 is 0 Å². The van der Waals surface area contributed by atoms with E-state index in [4.69, 9.17) is 0 Å². The van der Waals surface area contributed by atoms with Gasteiger partial charge in [0.15, 0.2) is 8.07 Å². The Balaban J connectivity index is 1.13. The summed E-state index contributed by atoms with van der Waals surface area (Å²) in [4.78, 5) is 0. The van der Waals surface area contributed by atoms with Gasteiger partial charge in [-0.3, -0.25) is 0 Å². The molecule has 0 saturated carbocycles. The van der Waals surface area contributed by atoms with E-state index in [0.717, 1.165) is 0 Å². The van der Waals surface area contributed by atoms with E-state index in [0.29, 0.717) is 0 Å². The van der Waals surface area contributed by atoms with Crippen molar-refractivity contribution in [2.75, 3.05) is 0 Å². The third kappa shape index (κ3) is 5.59. The summed E-state index contributed by atoms with van der Waals surface area (Å²) in [7, 11) is -3.14. The molecule has 0 fully saturated rings. The number of hydrogen-bond donors (Lipinski definition) is 0. The minimum absolute atomic E-state index is 0.0434. The summed E-state index contributed by atoms with van der Waals surface area (Å²) in [5.41, 5.74) is 16.2. The maximum Gasteiger partial charge on any atom is 0.179 e. The molecule has 0 saturated heterocycles. The molecule has 14 rings (SSSR count). The van der Waals surface area contributed by atoms with Gasteiger partial charge in [0.05, 0.1) is 0 Å². The van der Waals surface area contributed by atoms with E-state index in [9.17, 15) is 0 Å². The van der Waals surface area contributed by atoms with Crippen LogP contribution in [-0.2, 0) is 0 Å². The molecule has 11 aromatic rings. The molecule has 2 atom stereocenters. The van der Waals surface area contributed by atoms with Crippen LogP contribution in [0.2, 0.25) is 0 Å². The van der Waals surface area contributed by atoms with Crippen LogP contribution in [0.3, 0.4) is 0 Å². The number of benzene rings is 10. The zero-order valence-electron chi connectivity index (χ0n) is 35.2. The van der Waals surface area contributed by atoms with Crippen LogP contribution in [0, 0.1) is 0 Å². The summed E-state index contributed by atoms with van der Waals surface area (Å²) in [6.45, 7) is 0. The van der Waals surface area contributed by atoms with Gasteiger partial charge >= 0.3 is 0 Å². The highest BCUT2D eigenvalue weighted by Gasteiger charge is 2.50. The Bertz CT molecular complexity index is 3460. The Hall–Kier alpha value is -7.36. The predicted octanol–water partition coefficient (Wildman–Crippen LogP) is 13.4. The third-order valence-corrected chi connectivity index (χ3v) is 20.1. The Morgan fingerprint density at radius 3 is 1.47 bits per heavy atom. The van der Waals surface area contributed by atoms with Crippen molar-refractivity contribution in [2.45, 2.75) is 11.8 Å². The second-order valence-electron chi connectivity index (χ2n) is 17.4. The minimum atomic E-state index is -3.14. The van der Waals surface area contributed by atoms with Gasteiger partial charge in [-0.25, -0.2) is 0 Å². The molecule has 0 aliphatic heterocycles. The second-order valence-corrected chi connectivity index (χ2v) is 22.3. The van der Waals surface area contributed by atoms with Crippen molar-refractivity contribution in [1.29, 1.82) is 0 Å². The first-order chi connectivity index (χ1) is 31.8. The molecule has 0 nitrogen and oxygen atoms in total. The fourth-order valence-electron chi connectivity index (χ4n) is 11.6. The van der Waals surface area contributed by atoms with Gasteiger partial charge in [-0.05, 0) is 106 Å². The van der Waals surface area contributed by atoms with E-state index in [1.165, 1.54) is 108 Å². The van der Waals surface area contributed by atoms with E-state index in [2.05, 4.69) is 243 Å². The maximum absolute atomic E-state index is 3.14. The van der Waals surface area contributed by atoms with Crippen LogP contribution >= 0.6 is 11.3 Å². The molecule has 3 aliphatic carbocycles. The molecule has 0 N–H and O–H groups in total. The standard InChI is InChI=1S/C62H42SSi/c1-5-19-41(20-6-1)44-37-45(42-21-7-2-8-22-42)39-48(38-44)64(46-23-9-3-10-24-46,47-25-11-4-12-26-47)58-34-18-32-55-59-52-28-13-14-29-53(52)62(61(55)58)60-49(30-17-31-54(59)60)43-35-36-51-50-27-15-16-33-56(50)63-57(51)40-43/h1-40,59,62H. The molecule has 300 valence electrons. The molecule has 1 heterocycles. The van der Waals surface area contributed by atoms with Gasteiger partial charge in [-0.1, -0.05) is 224 Å². The molecular formula is C62H42SSi. The fraction of sp³-hybridized carbons (Fsp3) is 0.0323. The first kappa shape index (κ1) is 37.2. The van der Waals surface area contributed by atoms with Crippen molar-refractivity contribution in [2.24, 2.45) is 0 Å². The van der Waals surface area contributed by atoms with Crippen LogP contribution < -0.4 is 20.7 Å². The lowest BCUT2D eigenvalue weighted by molar-refractivity contribution is 0.760. The summed E-state index contributed by atoms with van der Waals surface area (Å²) >= 11 is 1.90. The van der Waals surface area contributed by atoms with Crippen LogP contribution in [-0.4, -0.2) is 8.07 Å². The van der Waals surface area contributed by atoms with Crippen molar-refractivity contribution in [3.05, 3.63) is 276 Å². The molecule has 1 aromatic heterocycles. The van der Waals surface area contributed by atoms with E-state index in [1.54, 1.807) is 0 Å². The third-order valence-electron chi connectivity index (χ3n) is 14.2. The van der Waals surface area contributed by atoms with Gasteiger partial charge < -0.3 is 0 Å². The molecule has 2 unspecified atom stereocenters. The van der Waals surface area contributed by atoms with Gasteiger partial charge in [-0.2, -0.15) is 0 Å². The van der Waals surface area contributed by atoms with Crippen molar-refractivity contribution in [3.63, 3.8) is 0 Å². The average Bonchev–Trinajstić information content (AvgIpc) is 3.75. The highest BCUT2D eigenvalue weighted by Crippen LogP contribution is 2.57. The highest BCUT2D eigenvalue weighted by molar-refractivity contribution is 7.25. The number of thiophene rings is 1. The molecule has 2 heteroatoms. The summed E-state index contributed by atoms with van der Waals surface area (Å²) in [6, 6.07) is 92.4. The molecule has 3 aliphatic rings. The normalized spacial score (nSPS) is 14.9. The zero-order chi connectivity index (χ0) is 42.2. The van der Waals surface area contributed by atoms with Crippen LogP contribution in [0.25, 0.3) is 53.6 Å². The lowest BCUT2D eigenvalue weighted by atomic mass is 9.60. The zero-order valence-corrected chi connectivity index (χ0v) is 37.0. The van der Waals surface area contributed by atoms with Crippen molar-refractivity contribution >= 4 is 60.3 Å². The first-order valence-electron chi connectivity index (χ1n) is 22.4. The summed E-state index contributed by atoms with van der Waals surface area (Å²) in [5.74, 6) is 0.162. The lowest BCUT2D eigenvalue weighted by Gasteiger charge is -2.47. The summed E-state index contributed by atoms with van der Waals surface area (Å²) in [6.07, 6.45) is 0. The monoisotopic (exact) mass is 846 g/mol. The van der Waals surface area contributed by atoms with Gasteiger partial charge in [0.25, 0.3) is 0 Å². The molecule has 0 amide bonds.